The highest BCUT2D eigenvalue weighted by Gasteiger charge is 2.15. The molecule has 3 aromatic rings. The van der Waals surface area contributed by atoms with Gasteiger partial charge in [-0.1, -0.05) is 31.2 Å². The third kappa shape index (κ3) is 4.93. The predicted molar refractivity (Wildman–Crippen MR) is 120 cm³/mol. The van der Waals surface area contributed by atoms with E-state index in [1.807, 2.05) is 69.3 Å². The van der Waals surface area contributed by atoms with Crippen molar-refractivity contribution in [1.29, 1.82) is 0 Å². The molecule has 0 fully saturated rings. The highest BCUT2D eigenvalue weighted by atomic mass is 16.5. The van der Waals surface area contributed by atoms with Crippen LogP contribution >= 0.6 is 0 Å². The van der Waals surface area contributed by atoms with Gasteiger partial charge in [0.15, 0.2) is 0 Å². The first-order valence-corrected chi connectivity index (χ1v) is 10.6. The zero-order valence-corrected chi connectivity index (χ0v) is 18.2. The monoisotopic (exact) mass is 409 g/mol. The second kappa shape index (κ2) is 9.65. The molecule has 2 aromatic carbocycles. The van der Waals surface area contributed by atoms with Crippen LogP contribution in [0.15, 0.2) is 53.3 Å². The molecule has 1 amide bonds. The summed E-state index contributed by atoms with van der Waals surface area (Å²) in [5, 5.41) is 3.02. The molecular weight excluding hydrogens is 378 g/mol. The van der Waals surface area contributed by atoms with E-state index in [0.717, 1.165) is 28.8 Å². The maximum Gasteiger partial charge on any atom is 0.329 e. The fraction of sp³-hybridized carbons (Fsp3) is 0.417. The lowest BCUT2D eigenvalue weighted by molar-refractivity contribution is -0.121. The second-order valence-corrected chi connectivity index (χ2v) is 7.85. The number of aromatic nitrogens is 2. The zero-order valence-electron chi connectivity index (χ0n) is 18.2. The predicted octanol–water partition coefficient (Wildman–Crippen LogP) is 4.27. The minimum atomic E-state index is -0.122. The number of carbonyl (C=O) groups is 1. The number of imidazole rings is 1. The van der Waals surface area contributed by atoms with E-state index in [0.29, 0.717) is 13.1 Å². The Morgan fingerprint density at radius 1 is 0.967 bits per heavy atom. The molecule has 6 heteroatoms. The molecule has 160 valence electrons. The average molecular weight is 410 g/mol. The van der Waals surface area contributed by atoms with Crippen molar-refractivity contribution in [2.75, 3.05) is 0 Å². The second-order valence-electron chi connectivity index (χ2n) is 7.85. The zero-order chi connectivity index (χ0) is 21.7. The minimum absolute atomic E-state index is 0.0559. The number of fused-ring (bicyclic) bond motifs is 1. The van der Waals surface area contributed by atoms with E-state index in [1.54, 1.807) is 9.13 Å². The molecule has 1 aromatic heterocycles. The smallest absolute Gasteiger partial charge is 0.329 e. The van der Waals surface area contributed by atoms with Gasteiger partial charge < -0.3 is 10.1 Å². The van der Waals surface area contributed by atoms with E-state index in [4.69, 9.17) is 4.74 Å². The molecule has 0 aliphatic carbocycles. The summed E-state index contributed by atoms with van der Waals surface area (Å²) in [4.78, 5) is 25.4. The van der Waals surface area contributed by atoms with Gasteiger partial charge in [0.1, 0.15) is 5.75 Å². The van der Waals surface area contributed by atoms with Crippen LogP contribution in [0.1, 0.15) is 52.1 Å². The van der Waals surface area contributed by atoms with Crippen LogP contribution < -0.4 is 15.7 Å². The van der Waals surface area contributed by atoms with Crippen molar-refractivity contribution in [1.82, 2.24) is 14.5 Å². The molecule has 0 radical (unpaired) electrons. The van der Waals surface area contributed by atoms with Crippen molar-refractivity contribution >= 4 is 16.9 Å². The summed E-state index contributed by atoms with van der Waals surface area (Å²) in [6, 6.07) is 15.4. The first kappa shape index (κ1) is 21.7. The molecule has 6 nitrogen and oxygen atoms in total. The van der Waals surface area contributed by atoms with Gasteiger partial charge in [-0.2, -0.15) is 0 Å². The Morgan fingerprint density at radius 3 is 2.13 bits per heavy atom. The Kier molecular flexibility index (Phi) is 6.98. The first-order valence-electron chi connectivity index (χ1n) is 10.6. The number of para-hydroxylation sites is 2. The molecule has 0 spiro atoms. The number of rotatable bonds is 9. The number of ether oxygens (including phenoxy) is 1. The lowest BCUT2D eigenvalue weighted by Gasteiger charge is -2.16. The Bertz CT molecular complexity index is 1050. The molecule has 1 heterocycles. The number of carbonyl (C=O) groups excluding carboxylic acids is 1. The standard InChI is InChI=1S/C24H31N3O3/c1-5-15-26-21-8-6-7-9-22(21)27(24(26)29)16-14-23(28)25-18(4)19-10-12-20(13-11-19)30-17(2)3/h6-13,17-18H,5,14-16H2,1-4H3,(H,25,28). The molecule has 1 atom stereocenters. The van der Waals surface area contributed by atoms with Gasteiger partial charge >= 0.3 is 5.69 Å². The van der Waals surface area contributed by atoms with Gasteiger partial charge in [0.25, 0.3) is 0 Å². The van der Waals surface area contributed by atoms with Crippen LogP contribution in [0, 0.1) is 0 Å². The van der Waals surface area contributed by atoms with Crippen LogP contribution in [-0.2, 0) is 17.9 Å². The topological polar surface area (TPSA) is 65.3 Å². The lowest BCUT2D eigenvalue weighted by Crippen LogP contribution is -2.30. The van der Waals surface area contributed by atoms with Crippen LogP contribution in [0.25, 0.3) is 11.0 Å². The third-order valence-corrected chi connectivity index (χ3v) is 5.06. The molecule has 0 bridgehead atoms. The van der Waals surface area contributed by atoms with Gasteiger partial charge in [-0.3, -0.25) is 13.9 Å². The summed E-state index contributed by atoms with van der Waals surface area (Å²) in [6.45, 7) is 9.01. The van der Waals surface area contributed by atoms with E-state index in [-0.39, 0.29) is 30.2 Å². The van der Waals surface area contributed by atoms with Crippen LogP contribution in [-0.4, -0.2) is 21.1 Å². The van der Waals surface area contributed by atoms with E-state index >= 15 is 0 Å². The maximum atomic E-state index is 12.8. The molecule has 0 saturated heterocycles. The number of aryl methyl sites for hydroxylation is 2. The fourth-order valence-electron chi connectivity index (χ4n) is 3.65. The lowest BCUT2D eigenvalue weighted by atomic mass is 10.1. The van der Waals surface area contributed by atoms with Crippen molar-refractivity contribution in [3.63, 3.8) is 0 Å². The molecule has 1 N–H and O–H groups in total. The fourth-order valence-corrected chi connectivity index (χ4v) is 3.65. The molecule has 0 saturated carbocycles. The van der Waals surface area contributed by atoms with E-state index in [1.165, 1.54) is 0 Å². The van der Waals surface area contributed by atoms with Crippen LogP contribution in [0.3, 0.4) is 0 Å². The Hall–Kier alpha value is -3.02. The van der Waals surface area contributed by atoms with Crippen LogP contribution in [0.5, 0.6) is 5.75 Å². The summed E-state index contributed by atoms with van der Waals surface area (Å²) >= 11 is 0. The molecule has 0 aliphatic rings. The molecule has 0 aliphatic heterocycles. The highest BCUT2D eigenvalue weighted by Crippen LogP contribution is 2.19. The molecular formula is C24H31N3O3. The number of nitrogens with one attached hydrogen (secondary N) is 1. The number of hydrogen-bond acceptors (Lipinski definition) is 3. The van der Waals surface area contributed by atoms with E-state index < -0.39 is 0 Å². The van der Waals surface area contributed by atoms with E-state index in [2.05, 4.69) is 12.2 Å². The minimum Gasteiger partial charge on any atom is -0.491 e. The first-order chi connectivity index (χ1) is 14.4. The summed E-state index contributed by atoms with van der Waals surface area (Å²) in [7, 11) is 0. The van der Waals surface area contributed by atoms with Crippen molar-refractivity contribution in [3.05, 3.63) is 64.6 Å². The summed E-state index contributed by atoms with van der Waals surface area (Å²) in [5.74, 6) is 0.736. The Labute approximate surface area is 177 Å². The molecule has 30 heavy (non-hydrogen) atoms. The van der Waals surface area contributed by atoms with Gasteiger partial charge in [-0.15, -0.1) is 0 Å². The van der Waals surface area contributed by atoms with Crippen molar-refractivity contribution in [2.24, 2.45) is 0 Å². The Balaban J connectivity index is 1.65. The van der Waals surface area contributed by atoms with Gasteiger partial charge in [0.05, 0.1) is 23.2 Å². The number of hydrogen-bond donors (Lipinski definition) is 1. The van der Waals surface area contributed by atoms with Crippen molar-refractivity contribution < 1.29 is 9.53 Å². The summed E-state index contributed by atoms with van der Waals surface area (Å²) < 4.78 is 9.15. The van der Waals surface area contributed by atoms with E-state index in [9.17, 15) is 9.59 Å². The van der Waals surface area contributed by atoms with Gasteiger partial charge in [0, 0.05) is 19.5 Å². The number of amides is 1. The van der Waals surface area contributed by atoms with Crippen molar-refractivity contribution in [2.45, 2.75) is 65.8 Å². The maximum absolute atomic E-state index is 12.8. The normalized spacial score (nSPS) is 12.3. The molecule has 3 rings (SSSR count). The quantitative estimate of drug-likeness (QED) is 0.574. The SMILES string of the molecule is CCCn1c(=O)n(CCC(=O)NC(C)c2ccc(OC(C)C)cc2)c2ccccc21. The third-order valence-electron chi connectivity index (χ3n) is 5.06. The van der Waals surface area contributed by atoms with Gasteiger partial charge in [0.2, 0.25) is 5.91 Å². The van der Waals surface area contributed by atoms with Crippen LogP contribution in [0.4, 0.5) is 0 Å². The molecule has 1 unspecified atom stereocenters. The average Bonchev–Trinajstić information content (AvgIpc) is 2.98. The largest absolute Gasteiger partial charge is 0.491 e. The number of nitrogens with zero attached hydrogens (tertiary/aromatic N) is 2. The van der Waals surface area contributed by atoms with Crippen LogP contribution in [0.2, 0.25) is 0 Å². The highest BCUT2D eigenvalue weighted by molar-refractivity contribution is 5.78. The van der Waals surface area contributed by atoms with Gasteiger partial charge in [-0.25, -0.2) is 4.79 Å². The Morgan fingerprint density at radius 2 is 1.57 bits per heavy atom. The summed E-state index contributed by atoms with van der Waals surface area (Å²) in [5.41, 5.74) is 2.75. The van der Waals surface area contributed by atoms with Crippen molar-refractivity contribution in [3.8, 4) is 5.75 Å². The van der Waals surface area contributed by atoms with Gasteiger partial charge in [-0.05, 0) is 57.0 Å². The summed E-state index contributed by atoms with van der Waals surface area (Å²) in [6.07, 6.45) is 1.26. The number of benzene rings is 2.